The number of carboxylic acids is 1. The van der Waals surface area contributed by atoms with Gasteiger partial charge >= 0.3 is 5.97 Å². The molecule has 0 saturated heterocycles. The number of carboxylic acid groups (broad SMARTS) is 1. The van der Waals surface area contributed by atoms with Crippen molar-refractivity contribution in [2.75, 3.05) is 0 Å². The summed E-state index contributed by atoms with van der Waals surface area (Å²) in [6, 6.07) is 8.59. The molecule has 1 aromatic carbocycles. The van der Waals surface area contributed by atoms with Gasteiger partial charge in [0, 0.05) is 0 Å². The summed E-state index contributed by atoms with van der Waals surface area (Å²) < 4.78 is 5.18. The van der Waals surface area contributed by atoms with Crippen molar-refractivity contribution in [2.24, 2.45) is 0 Å². The minimum atomic E-state index is -1.21. The first-order chi connectivity index (χ1) is 7.15. The first-order valence-electron chi connectivity index (χ1n) is 4.77. The summed E-state index contributed by atoms with van der Waals surface area (Å²) in [5, 5.41) is 18.3. The molecule has 1 rings (SSSR count). The molecule has 0 fully saturated rings. The quantitative estimate of drug-likeness (QED) is 0.768. The summed E-state index contributed by atoms with van der Waals surface area (Å²) in [5.41, 5.74) is 0. The number of aliphatic carboxylic acids is 1. The molecule has 0 aliphatic heterocycles. The minimum absolute atomic E-state index is 0.337. The van der Waals surface area contributed by atoms with Crippen molar-refractivity contribution in [1.29, 1.82) is 0 Å². The van der Waals surface area contributed by atoms with Crippen LogP contribution in [0.25, 0.3) is 0 Å². The molecule has 0 bridgehead atoms. The van der Waals surface area contributed by atoms with Crippen LogP contribution in [0.4, 0.5) is 0 Å². The molecule has 0 unspecified atom stereocenters. The molecule has 0 saturated carbocycles. The number of aliphatic hydroxyl groups is 1. The van der Waals surface area contributed by atoms with Gasteiger partial charge in [0.2, 0.25) is 6.10 Å². The summed E-state index contributed by atoms with van der Waals surface area (Å²) in [4.78, 5) is 10.8. The van der Waals surface area contributed by atoms with Crippen LogP contribution in [0.15, 0.2) is 30.3 Å². The third-order valence-corrected chi connectivity index (χ3v) is 2.02. The Hall–Kier alpha value is -1.55. The lowest BCUT2D eigenvalue weighted by atomic mass is 10.1. The number of para-hydroxylation sites is 1. The topological polar surface area (TPSA) is 66.8 Å². The van der Waals surface area contributed by atoms with Crippen LogP contribution in [0.3, 0.4) is 0 Å². The van der Waals surface area contributed by atoms with E-state index >= 15 is 0 Å². The highest BCUT2D eigenvalue weighted by Gasteiger charge is 2.27. The van der Waals surface area contributed by atoms with Crippen molar-refractivity contribution in [1.82, 2.24) is 0 Å². The molecular formula is C11H14O4. The second-order valence-corrected chi connectivity index (χ2v) is 3.17. The highest BCUT2D eigenvalue weighted by atomic mass is 16.5. The van der Waals surface area contributed by atoms with Crippen molar-refractivity contribution in [2.45, 2.75) is 25.6 Å². The van der Waals surface area contributed by atoms with Gasteiger partial charge < -0.3 is 14.9 Å². The molecule has 0 aliphatic rings. The van der Waals surface area contributed by atoms with Gasteiger partial charge in [0.1, 0.15) is 11.9 Å². The van der Waals surface area contributed by atoms with E-state index in [4.69, 9.17) is 9.84 Å². The Morgan fingerprint density at radius 3 is 2.47 bits per heavy atom. The Morgan fingerprint density at radius 2 is 2.00 bits per heavy atom. The van der Waals surface area contributed by atoms with Gasteiger partial charge in [0.15, 0.2) is 0 Å². The lowest BCUT2D eigenvalue weighted by Crippen LogP contribution is -2.38. The van der Waals surface area contributed by atoms with E-state index in [9.17, 15) is 9.90 Å². The monoisotopic (exact) mass is 210 g/mol. The second-order valence-electron chi connectivity index (χ2n) is 3.17. The zero-order valence-electron chi connectivity index (χ0n) is 8.46. The zero-order valence-corrected chi connectivity index (χ0v) is 8.46. The van der Waals surface area contributed by atoms with Crippen LogP contribution in [-0.2, 0) is 4.79 Å². The summed E-state index contributed by atoms with van der Waals surface area (Å²) in [6.07, 6.45) is -1.87. The van der Waals surface area contributed by atoms with Crippen LogP contribution in [0.2, 0.25) is 0 Å². The third-order valence-electron chi connectivity index (χ3n) is 2.02. The number of ether oxygens (including phenoxy) is 1. The Bertz CT molecular complexity index is 310. The minimum Gasteiger partial charge on any atom is -0.478 e. The summed E-state index contributed by atoms with van der Waals surface area (Å²) in [6.45, 7) is 1.70. The van der Waals surface area contributed by atoms with Gasteiger partial charge in [0.05, 0.1) is 0 Å². The van der Waals surface area contributed by atoms with E-state index in [0.29, 0.717) is 12.2 Å². The van der Waals surface area contributed by atoms with Gasteiger partial charge in [-0.15, -0.1) is 0 Å². The molecule has 15 heavy (non-hydrogen) atoms. The van der Waals surface area contributed by atoms with Crippen LogP contribution in [0.1, 0.15) is 13.3 Å². The maximum absolute atomic E-state index is 10.8. The largest absolute Gasteiger partial charge is 0.478 e. The Balaban J connectivity index is 2.71. The Kier molecular flexibility index (Phi) is 4.12. The van der Waals surface area contributed by atoms with Crippen molar-refractivity contribution in [3.05, 3.63) is 30.3 Å². The third kappa shape index (κ3) is 3.25. The average Bonchev–Trinajstić information content (AvgIpc) is 2.26. The fraction of sp³-hybridized carbons (Fsp3) is 0.364. The van der Waals surface area contributed by atoms with Crippen molar-refractivity contribution in [3.63, 3.8) is 0 Å². The van der Waals surface area contributed by atoms with Crippen molar-refractivity contribution < 1.29 is 19.7 Å². The number of hydrogen-bond donors (Lipinski definition) is 2. The van der Waals surface area contributed by atoms with Crippen LogP contribution in [-0.4, -0.2) is 28.4 Å². The first kappa shape index (κ1) is 11.5. The van der Waals surface area contributed by atoms with Gasteiger partial charge in [-0.2, -0.15) is 0 Å². The lowest BCUT2D eigenvalue weighted by molar-refractivity contribution is -0.150. The predicted molar refractivity (Wildman–Crippen MR) is 54.8 cm³/mol. The smallest absolute Gasteiger partial charge is 0.347 e. The van der Waals surface area contributed by atoms with Gasteiger partial charge in [-0.25, -0.2) is 4.79 Å². The molecule has 2 atom stereocenters. The van der Waals surface area contributed by atoms with Crippen LogP contribution >= 0.6 is 0 Å². The fourth-order valence-corrected chi connectivity index (χ4v) is 1.15. The number of benzene rings is 1. The summed E-state index contributed by atoms with van der Waals surface area (Å²) >= 11 is 0. The predicted octanol–water partition coefficient (Wildman–Crippen LogP) is 1.29. The standard InChI is InChI=1S/C11H14O4/c1-2-9(12)10(11(13)14)15-8-6-4-3-5-7-8/h3-7,9-10,12H,2H2,1H3,(H,13,14)/t9-,10-/m0/s1. The van der Waals surface area contributed by atoms with Gasteiger partial charge in [-0.1, -0.05) is 25.1 Å². The molecule has 1 aromatic rings. The highest BCUT2D eigenvalue weighted by Crippen LogP contribution is 2.13. The molecule has 0 amide bonds. The van der Waals surface area contributed by atoms with Crippen LogP contribution < -0.4 is 4.74 Å². The molecular weight excluding hydrogens is 196 g/mol. The molecule has 0 spiro atoms. The van der Waals surface area contributed by atoms with E-state index in [0.717, 1.165) is 0 Å². The maximum Gasteiger partial charge on any atom is 0.347 e. The maximum atomic E-state index is 10.8. The first-order valence-corrected chi connectivity index (χ1v) is 4.77. The Labute approximate surface area is 88.1 Å². The molecule has 0 aromatic heterocycles. The van der Waals surface area contributed by atoms with E-state index in [2.05, 4.69) is 0 Å². The highest BCUT2D eigenvalue weighted by molar-refractivity contribution is 5.73. The lowest BCUT2D eigenvalue weighted by Gasteiger charge is -2.19. The Morgan fingerprint density at radius 1 is 1.40 bits per heavy atom. The van der Waals surface area contributed by atoms with Gasteiger partial charge in [0.25, 0.3) is 0 Å². The normalized spacial score (nSPS) is 14.3. The van der Waals surface area contributed by atoms with E-state index in [1.807, 2.05) is 0 Å². The van der Waals surface area contributed by atoms with E-state index in [1.54, 1.807) is 37.3 Å². The van der Waals surface area contributed by atoms with Gasteiger partial charge in [-0.3, -0.25) is 0 Å². The molecule has 0 aliphatic carbocycles. The second kappa shape index (κ2) is 5.36. The van der Waals surface area contributed by atoms with E-state index in [1.165, 1.54) is 0 Å². The van der Waals surface area contributed by atoms with E-state index in [-0.39, 0.29) is 0 Å². The molecule has 4 nitrogen and oxygen atoms in total. The van der Waals surface area contributed by atoms with E-state index < -0.39 is 18.2 Å². The van der Waals surface area contributed by atoms with Crippen molar-refractivity contribution in [3.8, 4) is 5.75 Å². The average molecular weight is 210 g/mol. The van der Waals surface area contributed by atoms with Crippen LogP contribution in [0, 0.1) is 0 Å². The SMILES string of the molecule is CC[C@H](O)[C@H](Oc1ccccc1)C(=O)O. The summed E-state index contributed by atoms with van der Waals surface area (Å²) in [7, 11) is 0. The molecule has 82 valence electrons. The molecule has 0 radical (unpaired) electrons. The number of aliphatic hydroxyl groups excluding tert-OH is 1. The van der Waals surface area contributed by atoms with Gasteiger partial charge in [-0.05, 0) is 18.6 Å². The molecule has 2 N–H and O–H groups in total. The molecule has 4 heteroatoms. The fourth-order valence-electron chi connectivity index (χ4n) is 1.15. The number of rotatable bonds is 5. The zero-order chi connectivity index (χ0) is 11.3. The van der Waals surface area contributed by atoms with Crippen LogP contribution in [0.5, 0.6) is 5.75 Å². The van der Waals surface area contributed by atoms with Crippen molar-refractivity contribution >= 4 is 5.97 Å². The number of carbonyl (C=O) groups is 1. The molecule has 0 heterocycles. The summed E-state index contributed by atoms with van der Waals surface area (Å²) in [5.74, 6) is -0.717. The number of hydrogen-bond acceptors (Lipinski definition) is 3.